The van der Waals surface area contributed by atoms with E-state index in [1.807, 2.05) is 22.8 Å². The maximum atomic E-state index is 11.0. The molecule has 5 nitrogen and oxygen atoms in total. The summed E-state index contributed by atoms with van der Waals surface area (Å²) in [4.78, 5) is 15.3. The summed E-state index contributed by atoms with van der Waals surface area (Å²) in [6.07, 6.45) is 1.65. The lowest BCUT2D eigenvalue weighted by Crippen LogP contribution is -1.98. The smallest absolute Gasteiger partial charge is 0.335 e. The molecular weight excluding hydrogens is 336 g/mol. The molecule has 0 saturated heterocycles. The highest BCUT2D eigenvalue weighted by molar-refractivity contribution is 9.10. The summed E-state index contributed by atoms with van der Waals surface area (Å²) in [6.45, 7) is 0. The summed E-state index contributed by atoms with van der Waals surface area (Å²) in [5.74, 6) is -0.258. The minimum absolute atomic E-state index is 0.217. The first-order valence-corrected chi connectivity index (χ1v) is 6.94. The van der Waals surface area contributed by atoms with Gasteiger partial charge in [0.15, 0.2) is 0 Å². The van der Waals surface area contributed by atoms with Crippen molar-refractivity contribution in [3.05, 3.63) is 52.8 Å². The number of aromatic nitrogens is 2. The predicted molar refractivity (Wildman–Crippen MR) is 82.3 cm³/mol. The molecule has 0 spiro atoms. The van der Waals surface area contributed by atoms with Crippen LogP contribution in [0, 0.1) is 0 Å². The Morgan fingerprint density at radius 3 is 2.81 bits per heavy atom. The zero-order valence-electron chi connectivity index (χ0n) is 11.1. The van der Waals surface area contributed by atoms with Crippen LogP contribution in [-0.2, 0) is 0 Å². The lowest BCUT2D eigenvalue weighted by molar-refractivity contribution is 0.0697. The van der Waals surface area contributed by atoms with Crippen molar-refractivity contribution in [3.8, 4) is 11.4 Å². The average molecular weight is 347 g/mol. The van der Waals surface area contributed by atoms with E-state index in [1.165, 1.54) is 0 Å². The highest BCUT2D eigenvalue weighted by Gasteiger charge is 2.12. The van der Waals surface area contributed by atoms with Crippen LogP contribution in [0.5, 0.6) is 5.75 Å². The van der Waals surface area contributed by atoms with Crippen molar-refractivity contribution in [2.75, 3.05) is 7.11 Å². The fourth-order valence-electron chi connectivity index (χ4n) is 2.19. The number of benzene rings is 2. The van der Waals surface area contributed by atoms with Gasteiger partial charge in [0.05, 0.1) is 29.4 Å². The molecule has 3 aromatic rings. The van der Waals surface area contributed by atoms with Crippen LogP contribution in [0.3, 0.4) is 0 Å². The van der Waals surface area contributed by atoms with E-state index in [2.05, 4.69) is 20.9 Å². The Kier molecular flexibility index (Phi) is 3.39. The van der Waals surface area contributed by atoms with Gasteiger partial charge in [-0.25, -0.2) is 9.78 Å². The fourth-order valence-corrected chi connectivity index (χ4v) is 2.54. The highest BCUT2D eigenvalue weighted by atomic mass is 79.9. The Labute approximate surface area is 128 Å². The largest absolute Gasteiger partial charge is 0.495 e. The molecule has 1 heterocycles. The SMILES string of the molecule is COc1ccc(Br)cc1-n1cnc2cc(C(=O)O)ccc21. The average Bonchev–Trinajstić information content (AvgIpc) is 2.89. The second kappa shape index (κ2) is 5.21. The second-order valence-electron chi connectivity index (χ2n) is 4.44. The van der Waals surface area contributed by atoms with E-state index in [4.69, 9.17) is 9.84 Å². The van der Waals surface area contributed by atoms with Crippen LogP contribution in [-0.4, -0.2) is 27.7 Å². The zero-order chi connectivity index (χ0) is 15.0. The van der Waals surface area contributed by atoms with Crippen molar-refractivity contribution in [1.29, 1.82) is 0 Å². The van der Waals surface area contributed by atoms with Crippen molar-refractivity contribution < 1.29 is 14.6 Å². The van der Waals surface area contributed by atoms with Crippen LogP contribution < -0.4 is 4.74 Å². The van der Waals surface area contributed by atoms with Gasteiger partial charge in [0.2, 0.25) is 0 Å². The van der Waals surface area contributed by atoms with Gasteiger partial charge in [-0.1, -0.05) is 15.9 Å². The molecule has 0 aliphatic rings. The first kappa shape index (κ1) is 13.6. The molecular formula is C15H11BrN2O3. The van der Waals surface area contributed by atoms with Crippen molar-refractivity contribution in [2.24, 2.45) is 0 Å². The molecule has 0 unspecified atom stereocenters. The van der Waals surface area contributed by atoms with Gasteiger partial charge in [0.25, 0.3) is 0 Å². The number of hydrogen-bond acceptors (Lipinski definition) is 3. The van der Waals surface area contributed by atoms with E-state index in [9.17, 15) is 4.79 Å². The first-order valence-electron chi connectivity index (χ1n) is 6.14. The third-order valence-electron chi connectivity index (χ3n) is 3.19. The third kappa shape index (κ3) is 2.38. The summed E-state index contributed by atoms with van der Waals surface area (Å²) in [5.41, 5.74) is 2.49. The van der Waals surface area contributed by atoms with Crippen molar-refractivity contribution in [3.63, 3.8) is 0 Å². The molecule has 106 valence electrons. The number of fused-ring (bicyclic) bond motifs is 1. The van der Waals surface area contributed by atoms with E-state index in [0.29, 0.717) is 11.3 Å². The van der Waals surface area contributed by atoms with Gasteiger partial charge in [0.1, 0.15) is 12.1 Å². The zero-order valence-corrected chi connectivity index (χ0v) is 12.7. The molecule has 1 aromatic heterocycles. The van der Waals surface area contributed by atoms with Crippen LogP contribution in [0.4, 0.5) is 0 Å². The fraction of sp³-hybridized carbons (Fsp3) is 0.0667. The van der Waals surface area contributed by atoms with Gasteiger partial charge < -0.3 is 9.84 Å². The Bertz CT molecular complexity index is 842. The summed E-state index contributed by atoms with van der Waals surface area (Å²) >= 11 is 3.44. The number of imidazole rings is 1. The van der Waals surface area contributed by atoms with E-state index in [1.54, 1.807) is 31.6 Å². The van der Waals surface area contributed by atoms with Gasteiger partial charge in [0, 0.05) is 4.47 Å². The van der Waals surface area contributed by atoms with Crippen LogP contribution in [0.2, 0.25) is 0 Å². The molecule has 21 heavy (non-hydrogen) atoms. The van der Waals surface area contributed by atoms with E-state index >= 15 is 0 Å². The quantitative estimate of drug-likeness (QED) is 0.788. The van der Waals surface area contributed by atoms with E-state index in [-0.39, 0.29) is 5.56 Å². The molecule has 1 N–H and O–H groups in total. The summed E-state index contributed by atoms with van der Waals surface area (Å²) in [7, 11) is 1.61. The van der Waals surface area contributed by atoms with E-state index < -0.39 is 5.97 Å². The predicted octanol–water partition coefficient (Wildman–Crippen LogP) is 3.49. The number of carboxylic acid groups (broad SMARTS) is 1. The van der Waals surface area contributed by atoms with Crippen LogP contribution in [0.25, 0.3) is 16.7 Å². The number of rotatable bonds is 3. The maximum absolute atomic E-state index is 11.0. The number of carbonyl (C=O) groups is 1. The molecule has 6 heteroatoms. The first-order chi connectivity index (χ1) is 10.1. The molecule has 0 atom stereocenters. The number of ether oxygens (including phenoxy) is 1. The number of nitrogens with zero attached hydrogens (tertiary/aromatic N) is 2. The topological polar surface area (TPSA) is 64.4 Å². The van der Waals surface area contributed by atoms with Crippen molar-refractivity contribution in [1.82, 2.24) is 9.55 Å². The number of methoxy groups -OCH3 is 1. The van der Waals surface area contributed by atoms with Gasteiger partial charge >= 0.3 is 5.97 Å². The number of hydrogen-bond donors (Lipinski definition) is 1. The number of aromatic carboxylic acids is 1. The molecule has 2 aromatic carbocycles. The third-order valence-corrected chi connectivity index (χ3v) is 3.69. The lowest BCUT2D eigenvalue weighted by atomic mass is 10.2. The summed E-state index contributed by atoms with van der Waals surface area (Å²) < 4.78 is 8.16. The second-order valence-corrected chi connectivity index (χ2v) is 5.36. The minimum Gasteiger partial charge on any atom is -0.495 e. The van der Waals surface area contributed by atoms with Gasteiger partial charge in [-0.05, 0) is 36.4 Å². The van der Waals surface area contributed by atoms with Crippen LogP contribution >= 0.6 is 15.9 Å². The Hall–Kier alpha value is -2.34. The molecule has 0 aliphatic carbocycles. The highest BCUT2D eigenvalue weighted by Crippen LogP contribution is 2.29. The minimum atomic E-state index is -0.966. The Balaban J connectivity index is 2.22. The normalized spacial score (nSPS) is 10.8. The number of halogens is 1. The van der Waals surface area contributed by atoms with E-state index in [0.717, 1.165) is 15.7 Å². The molecule has 0 amide bonds. The molecule has 0 fully saturated rings. The van der Waals surface area contributed by atoms with Gasteiger partial charge in [-0.2, -0.15) is 0 Å². The molecule has 3 rings (SSSR count). The van der Waals surface area contributed by atoms with Gasteiger partial charge in [-0.3, -0.25) is 4.57 Å². The lowest BCUT2D eigenvalue weighted by Gasteiger charge is -2.10. The Morgan fingerprint density at radius 2 is 2.10 bits per heavy atom. The standard InChI is InChI=1S/C15H11BrN2O3/c1-21-14-5-3-10(16)7-13(14)18-8-17-11-6-9(15(19)20)2-4-12(11)18/h2-8H,1H3,(H,19,20). The summed E-state index contributed by atoms with van der Waals surface area (Å²) in [6, 6.07) is 10.5. The molecule has 0 bridgehead atoms. The maximum Gasteiger partial charge on any atom is 0.335 e. The summed E-state index contributed by atoms with van der Waals surface area (Å²) in [5, 5.41) is 9.03. The molecule has 0 radical (unpaired) electrons. The number of carboxylic acids is 1. The van der Waals surface area contributed by atoms with Crippen molar-refractivity contribution in [2.45, 2.75) is 0 Å². The van der Waals surface area contributed by atoms with Crippen LogP contribution in [0.15, 0.2) is 47.2 Å². The van der Waals surface area contributed by atoms with Crippen molar-refractivity contribution >= 4 is 32.9 Å². The van der Waals surface area contributed by atoms with Gasteiger partial charge in [-0.15, -0.1) is 0 Å². The molecule has 0 saturated carbocycles. The molecule has 0 aliphatic heterocycles. The van der Waals surface area contributed by atoms with Crippen LogP contribution in [0.1, 0.15) is 10.4 Å². The Morgan fingerprint density at radius 1 is 1.29 bits per heavy atom. The monoisotopic (exact) mass is 346 g/mol.